The number of nitrogens with one attached hydrogen (secondary N) is 1. The number of nitrogens with two attached hydrogens (primary N) is 1. The minimum Gasteiger partial charge on any atom is -0.390 e. The Bertz CT molecular complexity index is 885. The molecule has 1 aromatic carbocycles. The lowest BCUT2D eigenvalue weighted by Gasteiger charge is -2.24. The average molecular weight is 439 g/mol. The lowest BCUT2D eigenvalue weighted by atomic mass is 9.89. The Kier molecular flexibility index (Phi) is 7.64. The van der Waals surface area contributed by atoms with Crippen LogP contribution in [0, 0.1) is 0 Å². The predicted molar refractivity (Wildman–Crippen MR) is 118 cm³/mol. The van der Waals surface area contributed by atoms with Crippen LogP contribution in [0.2, 0.25) is 10.2 Å². The quantitative estimate of drug-likeness (QED) is 0.511. The molecule has 2 aliphatic rings. The van der Waals surface area contributed by atoms with Crippen LogP contribution in [0.25, 0.3) is 0 Å². The number of piperidine rings is 1. The van der Waals surface area contributed by atoms with E-state index in [1.165, 1.54) is 6.34 Å². The summed E-state index contributed by atoms with van der Waals surface area (Å²) in [5.41, 5.74) is 8.88. The fraction of sp³-hybridized carbons (Fsp3) is 0.450. The van der Waals surface area contributed by atoms with Gasteiger partial charge in [0, 0.05) is 16.8 Å². The van der Waals surface area contributed by atoms with Gasteiger partial charge in [-0.25, -0.2) is 9.67 Å². The van der Waals surface area contributed by atoms with Gasteiger partial charge in [-0.3, -0.25) is 9.38 Å². The summed E-state index contributed by atoms with van der Waals surface area (Å²) >= 11 is 13.0. The van der Waals surface area contributed by atoms with E-state index >= 15 is 0 Å². The maximum Gasteiger partial charge on any atom is 0.153 e. The number of nitrogens with zero attached hydrogens (tertiary/aromatic N) is 4. The third kappa shape index (κ3) is 5.15. The van der Waals surface area contributed by atoms with Gasteiger partial charge in [0.1, 0.15) is 5.69 Å². The van der Waals surface area contributed by atoms with Crippen molar-refractivity contribution < 1.29 is 4.39 Å². The zero-order chi connectivity index (χ0) is 20.8. The van der Waals surface area contributed by atoms with Crippen LogP contribution in [0.5, 0.6) is 0 Å². The highest BCUT2D eigenvalue weighted by atomic mass is 35.5. The van der Waals surface area contributed by atoms with Gasteiger partial charge in [-0.15, -0.1) is 0 Å². The molecule has 1 saturated heterocycles. The highest BCUT2D eigenvalue weighted by molar-refractivity contribution is 6.32. The molecule has 0 bridgehead atoms. The van der Waals surface area contributed by atoms with E-state index in [0.717, 1.165) is 60.6 Å². The zero-order valence-electron chi connectivity index (χ0n) is 16.3. The van der Waals surface area contributed by atoms with Crippen molar-refractivity contribution in [2.45, 2.75) is 37.6 Å². The van der Waals surface area contributed by atoms with Crippen molar-refractivity contribution in [2.24, 2.45) is 15.7 Å². The molecular formula is C20H25Cl2FN6. The van der Waals surface area contributed by atoms with Gasteiger partial charge >= 0.3 is 0 Å². The van der Waals surface area contributed by atoms with E-state index in [-0.39, 0.29) is 0 Å². The Balaban J connectivity index is 0.00000117. The van der Waals surface area contributed by atoms with Crippen molar-refractivity contribution in [3.63, 3.8) is 0 Å². The fourth-order valence-corrected chi connectivity index (χ4v) is 4.08. The van der Waals surface area contributed by atoms with Gasteiger partial charge in [0.05, 0.1) is 31.4 Å². The second-order valence-electron chi connectivity index (χ2n) is 6.99. The summed E-state index contributed by atoms with van der Waals surface area (Å²) in [6, 6.07) is 4.35. The second kappa shape index (κ2) is 10.2. The van der Waals surface area contributed by atoms with E-state index in [0.29, 0.717) is 30.0 Å². The van der Waals surface area contributed by atoms with E-state index in [4.69, 9.17) is 28.9 Å². The fourth-order valence-electron chi connectivity index (χ4n) is 3.47. The largest absolute Gasteiger partial charge is 0.390 e. The van der Waals surface area contributed by atoms with Crippen LogP contribution >= 0.6 is 23.2 Å². The molecule has 9 heteroatoms. The number of rotatable bonds is 5. The minimum atomic E-state index is 0.414. The summed E-state index contributed by atoms with van der Waals surface area (Å²) in [6.07, 6.45) is 9.07. The van der Waals surface area contributed by atoms with E-state index in [1.807, 2.05) is 16.8 Å². The van der Waals surface area contributed by atoms with Crippen LogP contribution in [0.1, 0.15) is 48.8 Å². The third-order valence-corrected chi connectivity index (χ3v) is 5.79. The predicted octanol–water partition coefficient (Wildman–Crippen LogP) is 4.95. The summed E-state index contributed by atoms with van der Waals surface area (Å²) in [7, 11) is 0.500. The van der Waals surface area contributed by atoms with Crippen molar-refractivity contribution >= 4 is 47.1 Å². The molecule has 6 nitrogen and oxygen atoms in total. The first-order chi connectivity index (χ1) is 14.2. The Morgan fingerprint density at radius 3 is 2.52 bits per heavy atom. The molecule has 3 N–H and O–H groups in total. The van der Waals surface area contributed by atoms with Gasteiger partial charge in [0.15, 0.2) is 5.15 Å². The summed E-state index contributed by atoms with van der Waals surface area (Å²) < 4.78 is 11.3. The smallest absolute Gasteiger partial charge is 0.153 e. The van der Waals surface area contributed by atoms with Crippen molar-refractivity contribution in [2.75, 3.05) is 20.3 Å². The van der Waals surface area contributed by atoms with Crippen LogP contribution in [0.4, 0.5) is 15.8 Å². The lowest BCUT2D eigenvalue weighted by Crippen LogP contribution is -2.26. The number of aromatic nitrogens is 2. The summed E-state index contributed by atoms with van der Waals surface area (Å²) in [4.78, 5) is 8.82. The van der Waals surface area contributed by atoms with E-state index in [1.54, 1.807) is 12.4 Å². The van der Waals surface area contributed by atoms with Crippen LogP contribution in [0.15, 0.2) is 28.3 Å². The molecule has 4 rings (SSSR count). The molecular weight excluding hydrogens is 414 g/mol. The summed E-state index contributed by atoms with van der Waals surface area (Å²) in [5.74, 6) is 0.433. The molecule has 2 aromatic rings. The number of halogens is 3. The molecule has 1 saturated carbocycles. The molecule has 0 radical (unpaired) electrons. The summed E-state index contributed by atoms with van der Waals surface area (Å²) in [6.45, 7) is 2.01. The number of benzene rings is 1. The first-order valence-electron chi connectivity index (χ1n) is 9.60. The van der Waals surface area contributed by atoms with E-state index < -0.39 is 0 Å². The third-order valence-electron chi connectivity index (χ3n) is 5.09. The molecule has 156 valence electrons. The molecule has 2 heterocycles. The Labute approximate surface area is 180 Å². The normalized spacial score (nSPS) is 17.7. The van der Waals surface area contributed by atoms with Crippen LogP contribution in [0.3, 0.4) is 0 Å². The molecule has 1 aliphatic heterocycles. The van der Waals surface area contributed by atoms with Gasteiger partial charge < -0.3 is 11.1 Å². The topological polar surface area (TPSA) is 80.6 Å². The number of hydrogen-bond acceptors (Lipinski definition) is 4. The van der Waals surface area contributed by atoms with Crippen molar-refractivity contribution in [3.8, 4) is 0 Å². The molecule has 0 atom stereocenters. The lowest BCUT2D eigenvalue weighted by molar-refractivity contribution is 0.460. The molecule has 29 heavy (non-hydrogen) atoms. The van der Waals surface area contributed by atoms with Crippen LogP contribution in [-0.2, 0) is 0 Å². The van der Waals surface area contributed by atoms with Crippen LogP contribution < -0.4 is 11.1 Å². The number of aliphatic imine (C=N–C) groups is 2. The van der Waals surface area contributed by atoms with Crippen molar-refractivity contribution in [3.05, 3.63) is 39.6 Å². The Hall–Kier alpha value is -1.96. The molecule has 1 aliphatic carbocycles. The average Bonchev–Trinajstić information content (AvgIpc) is 3.53. The van der Waals surface area contributed by atoms with E-state index in [9.17, 15) is 4.39 Å². The summed E-state index contributed by atoms with van der Waals surface area (Å²) in [5, 5.41) is 9.01. The first-order valence-corrected chi connectivity index (χ1v) is 10.4. The van der Waals surface area contributed by atoms with Gasteiger partial charge in [-0.2, -0.15) is 5.10 Å². The SMILES string of the molecule is CF.NC=Nc1cc(C2CCNCC2)c(Cl)cc1C=Nc1cnn(C2CC2)c1Cl. The van der Waals surface area contributed by atoms with Gasteiger partial charge in [-0.1, -0.05) is 23.2 Å². The monoisotopic (exact) mass is 438 g/mol. The second-order valence-corrected chi connectivity index (χ2v) is 7.75. The number of hydrogen-bond donors (Lipinski definition) is 2. The highest BCUT2D eigenvalue weighted by Crippen LogP contribution is 2.40. The van der Waals surface area contributed by atoms with Crippen molar-refractivity contribution in [1.82, 2.24) is 15.1 Å². The molecule has 0 unspecified atom stereocenters. The van der Waals surface area contributed by atoms with Crippen molar-refractivity contribution in [1.29, 1.82) is 0 Å². The van der Waals surface area contributed by atoms with Crippen LogP contribution in [-0.4, -0.2) is 42.6 Å². The zero-order valence-corrected chi connectivity index (χ0v) is 17.8. The molecule has 1 aromatic heterocycles. The Morgan fingerprint density at radius 1 is 1.14 bits per heavy atom. The van der Waals surface area contributed by atoms with E-state index in [2.05, 4.69) is 20.4 Å². The minimum absolute atomic E-state index is 0.414. The van der Waals surface area contributed by atoms with Gasteiger partial charge in [0.25, 0.3) is 0 Å². The van der Waals surface area contributed by atoms with Gasteiger partial charge in [0.2, 0.25) is 0 Å². The maximum atomic E-state index is 9.50. The molecule has 0 spiro atoms. The number of alkyl halides is 1. The first kappa shape index (κ1) is 21.7. The standard InChI is InChI=1S/C19H22Cl2N6.CH3F/c20-16-7-13(9-24-18-10-26-27(19(18)21)14-1-2-14)17(25-11-22)8-15(16)12-3-5-23-6-4-12;1-2/h7-12,14,23H,1-6H2,(H2,22,25);1H3. The Morgan fingerprint density at radius 2 is 1.86 bits per heavy atom. The highest BCUT2D eigenvalue weighted by Gasteiger charge is 2.27. The van der Waals surface area contributed by atoms with Gasteiger partial charge in [-0.05, 0) is 62.4 Å². The molecule has 0 amide bonds. The molecule has 2 fully saturated rings. The maximum absolute atomic E-state index is 9.50.